The van der Waals surface area contributed by atoms with Gasteiger partial charge in [-0.05, 0) is 52.8 Å². The first-order valence-electron chi connectivity index (χ1n) is 6.30. The van der Waals surface area contributed by atoms with Crippen molar-refractivity contribution >= 4 is 17.4 Å². The molecule has 1 heterocycles. The molecule has 2 aliphatic rings. The average molecular weight is 257 g/mol. The lowest BCUT2D eigenvalue weighted by atomic mass is 9.57. The van der Waals surface area contributed by atoms with Gasteiger partial charge in [-0.25, -0.2) is 0 Å². The van der Waals surface area contributed by atoms with Crippen molar-refractivity contribution < 1.29 is 9.47 Å². The van der Waals surface area contributed by atoms with E-state index < -0.39 is 0 Å². The largest absolute Gasteiger partial charge is 0.465 e. The van der Waals surface area contributed by atoms with Crippen LogP contribution in [0.4, 0.5) is 0 Å². The van der Waals surface area contributed by atoms with Crippen LogP contribution in [0.2, 0.25) is 0 Å². The lowest BCUT2D eigenvalue weighted by Crippen LogP contribution is -2.71. The summed E-state index contributed by atoms with van der Waals surface area (Å²) in [6, 6.07) is 0.490. The molecule has 98 valence electrons. The van der Waals surface area contributed by atoms with Crippen LogP contribution >= 0.6 is 12.2 Å². The molecule has 0 amide bonds. The molecule has 4 heteroatoms. The molecule has 0 unspecified atom stereocenters. The number of likely N-dealkylation sites (tertiary alicyclic amines) is 1. The molecule has 0 radical (unpaired) electrons. The fourth-order valence-electron chi connectivity index (χ4n) is 2.85. The van der Waals surface area contributed by atoms with Crippen molar-refractivity contribution in [2.24, 2.45) is 5.41 Å². The molecule has 17 heavy (non-hydrogen) atoms. The first-order valence-corrected chi connectivity index (χ1v) is 6.71. The van der Waals surface area contributed by atoms with Crippen LogP contribution in [0, 0.1) is 5.41 Å². The van der Waals surface area contributed by atoms with E-state index in [1.165, 1.54) is 12.8 Å². The SMILES string of the molecule is COC1CC2(C1)CN(C(=S)OC(C)(C)C)[C@H]2C. The summed E-state index contributed by atoms with van der Waals surface area (Å²) in [6.45, 7) is 9.37. The van der Waals surface area contributed by atoms with Gasteiger partial charge in [0.2, 0.25) is 0 Å². The van der Waals surface area contributed by atoms with Crippen molar-refractivity contribution in [3.05, 3.63) is 0 Å². The van der Waals surface area contributed by atoms with Gasteiger partial charge in [-0.1, -0.05) is 0 Å². The maximum absolute atomic E-state index is 5.75. The maximum atomic E-state index is 5.75. The monoisotopic (exact) mass is 257 g/mol. The second kappa shape index (κ2) is 4.09. The van der Waals surface area contributed by atoms with Crippen LogP contribution in [0.5, 0.6) is 0 Å². The summed E-state index contributed by atoms with van der Waals surface area (Å²) in [5, 5.41) is 0.650. The summed E-state index contributed by atoms with van der Waals surface area (Å²) in [5.74, 6) is 0. The van der Waals surface area contributed by atoms with Crippen molar-refractivity contribution in [2.45, 2.75) is 58.3 Å². The Balaban J connectivity index is 1.86. The molecule has 2 fully saturated rings. The second-order valence-corrected chi connectivity index (χ2v) is 6.76. The molecule has 1 atom stereocenters. The van der Waals surface area contributed by atoms with Gasteiger partial charge in [0.1, 0.15) is 5.60 Å². The quantitative estimate of drug-likeness (QED) is 0.673. The fourth-order valence-corrected chi connectivity index (χ4v) is 3.33. The van der Waals surface area contributed by atoms with E-state index in [2.05, 4.69) is 11.8 Å². The summed E-state index contributed by atoms with van der Waals surface area (Å²) in [7, 11) is 1.80. The topological polar surface area (TPSA) is 21.7 Å². The zero-order valence-electron chi connectivity index (χ0n) is 11.4. The third kappa shape index (κ3) is 2.29. The van der Waals surface area contributed by atoms with E-state index in [-0.39, 0.29) is 5.60 Å². The van der Waals surface area contributed by atoms with Gasteiger partial charge in [0.15, 0.2) is 0 Å². The van der Waals surface area contributed by atoms with Crippen molar-refractivity contribution in [3.8, 4) is 0 Å². The molecule has 1 saturated heterocycles. The van der Waals surface area contributed by atoms with Crippen LogP contribution in [0.1, 0.15) is 40.5 Å². The molecular formula is C13H23NO2S. The maximum Gasteiger partial charge on any atom is 0.260 e. The number of ether oxygens (including phenoxy) is 2. The molecule has 1 spiro atoms. The lowest BCUT2D eigenvalue weighted by molar-refractivity contribution is -0.159. The van der Waals surface area contributed by atoms with Gasteiger partial charge in [-0.15, -0.1) is 0 Å². The summed E-state index contributed by atoms with van der Waals surface area (Å²) < 4.78 is 11.1. The van der Waals surface area contributed by atoms with E-state index in [1.54, 1.807) is 7.11 Å². The van der Waals surface area contributed by atoms with Crippen LogP contribution in [0.25, 0.3) is 0 Å². The van der Waals surface area contributed by atoms with Gasteiger partial charge in [-0.2, -0.15) is 0 Å². The number of rotatable bonds is 1. The molecule has 0 aromatic rings. The molecule has 0 aromatic heterocycles. The van der Waals surface area contributed by atoms with E-state index in [0.29, 0.717) is 22.7 Å². The fraction of sp³-hybridized carbons (Fsp3) is 0.923. The van der Waals surface area contributed by atoms with E-state index in [0.717, 1.165) is 6.54 Å². The van der Waals surface area contributed by atoms with E-state index in [1.807, 2.05) is 20.8 Å². The molecule has 1 aliphatic heterocycles. The standard InChI is InChI=1S/C13H23NO2S/c1-9-13(6-10(7-13)15-5)8-14(9)11(17)16-12(2,3)4/h9-10H,6-8H2,1-5H3/t9-,10?,13?/m0/s1. The van der Waals surface area contributed by atoms with Crippen LogP contribution in [-0.2, 0) is 9.47 Å². The number of hydrogen-bond acceptors (Lipinski definition) is 3. The van der Waals surface area contributed by atoms with Crippen LogP contribution in [-0.4, -0.2) is 41.5 Å². The highest BCUT2D eigenvalue weighted by Gasteiger charge is 2.58. The number of nitrogens with zero attached hydrogens (tertiary/aromatic N) is 1. The minimum absolute atomic E-state index is 0.200. The third-order valence-corrected chi connectivity index (χ3v) is 4.39. The summed E-state index contributed by atoms with van der Waals surface area (Å²) in [5.41, 5.74) is 0.236. The zero-order chi connectivity index (χ0) is 12.8. The Hall–Kier alpha value is -0.350. The van der Waals surface area contributed by atoms with Crippen molar-refractivity contribution in [3.63, 3.8) is 0 Å². The average Bonchev–Trinajstić information content (AvgIpc) is 2.11. The smallest absolute Gasteiger partial charge is 0.260 e. The number of methoxy groups -OCH3 is 1. The minimum Gasteiger partial charge on any atom is -0.465 e. The van der Waals surface area contributed by atoms with Gasteiger partial charge >= 0.3 is 0 Å². The Morgan fingerprint density at radius 2 is 1.94 bits per heavy atom. The van der Waals surface area contributed by atoms with Crippen LogP contribution < -0.4 is 0 Å². The highest BCUT2D eigenvalue weighted by molar-refractivity contribution is 7.80. The predicted octanol–water partition coefficient (Wildman–Crippen LogP) is 2.59. The Bertz CT molecular complexity index is 318. The van der Waals surface area contributed by atoms with E-state index in [9.17, 15) is 0 Å². The highest BCUT2D eigenvalue weighted by atomic mass is 32.1. The lowest BCUT2D eigenvalue weighted by Gasteiger charge is -2.63. The Morgan fingerprint density at radius 3 is 2.35 bits per heavy atom. The first-order chi connectivity index (χ1) is 7.77. The Labute approximate surface area is 109 Å². The van der Waals surface area contributed by atoms with Crippen molar-refractivity contribution in [2.75, 3.05) is 13.7 Å². The number of thiocarbonyl (C=S) groups is 1. The third-order valence-electron chi connectivity index (χ3n) is 4.07. The van der Waals surface area contributed by atoms with Crippen LogP contribution in [0.15, 0.2) is 0 Å². The minimum atomic E-state index is -0.200. The molecule has 0 aromatic carbocycles. The molecule has 3 nitrogen and oxygen atoms in total. The number of hydrogen-bond donors (Lipinski definition) is 0. The van der Waals surface area contributed by atoms with Gasteiger partial charge in [-0.3, -0.25) is 0 Å². The molecular weight excluding hydrogens is 234 g/mol. The van der Waals surface area contributed by atoms with Gasteiger partial charge in [0.05, 0.1) is 6.10 Å². The molecule has 1 saturated carbocycles. The van der Waals surface area contributed by atoms with Crippen molar-refractivity contribution in [1.29, 1.82) is 0 Å². The summed E-state index contributed by atoms with van der Waals surface area (Å²) >= 11 is 5.36. The zero-order valence-corrected chi connectivity index (χ0v) is 12.3. The normalized spacial score (nSPS) is 36.4. The molecule has 0 N–H and O–H groups in total. The van der Waals surface area contributed by atoms with Gasteiger partial charge in [0, 0.05) is 25.1 Å². The molecule has 2 rings (SSSR count). The second-order valence-electron chi connectivity index (χ2n) is 6.41. The Kier molecular flexibility index (Phi) is 3.15. The highest BCUT2D eigenvalue weighted by Crippen LogP contribution is 2.54. The summed E-state index contributed by atoms with van der Waals surface area (Å²) in [4.78, 5) is 2.20. The summed E-state index contributed by atoms with van der Waals surface area (Å²) in [6.07, 6.45) is 2.79. The van der Waals surface area contributed by atoms with Crippen molar-refractivity contribution in [1.82, 2.24) is 4.90 Å². The van der Waals surface area contributed by atoms with E-state index >= 15 is 0 Å². The van der Waals surface area contributed by atoms with Crippen LogP contribution in [0.3, 0.4) is 0 Å². The Morgan fingerprint density at radius 1 is 1.35 bits per heavy atom. The molecule has 0 bridgehead atoms. The van der Waals surface area contributed by atoms with Gasteiger partial charge in [0.25, 0.3) is 5.17 Å². The first kappa shape index (κ1) is 13.1. The molecule has 1 aliphatic carbocycles. The predicted molar refractivity (Wildman–Crippen MR) is 72.1 cm³/mol. The van der Waals surface area contributed by atoms with Gasteiger partial charge < -0.3 is 14.4 Å². The van der Waals surface area contributed by atoms with E-state index in [4.69, 9.17) is 21.7 Å².